The van der Waals surface area contributed by atoms with Crippen LogP contribution >= 0.6 is 7.82 Å². The number of rotatable bonds is 20. The van der Waals surface area contributed by atoms with E-state index in [1.807, 2.05) is 14.1 Å². The molecule has 10 heteroatoms. The van der Waals surface area contributed by atoms with E-state index in [1.165, 1.54) is 18.4 Å². The number of aliphatic carboxylic acids is 1. The van der Waals surface area contributed by atoms with E-state index in [-0.39, 0.29) is 19.2 Å². The summed E-state index contributed by atoms with van der Waals surface area (Å²) < 4.78 is 32.3. The van der Waals surface area contributed by atoms with Crippen LogP contribution in [0.2, 0.25) is 0 Å². The maximum Gasteiger partial charge on any atom is 0.474 e. The summed E-state index contributed by atoms with van der Waals surface area (Å²) in [7, 11) is 1.73. The summed E-state index contributed by atoms with van der Waals surface area (Å²) in [5, 5.41) is 8.21. The van der Waals surface area contributed by atoms with Gasteiger partial charge in [-0.1, -0.05) is 52.4 Å². The van der Waals surface area contributed by atoms with Gasteiger partial charge >= 0.3 is 19.8 Å². The van der Waals surface area contributed by atoms with Gasteiger partial charge in [0.05, 0.1) is 27.3 Å². The summed E-state index contributed by atoms with van der Waals surface area (Å²) in [6.45, 7) is 5.64. The lowest BCUT2D eigenvalue weighted by molar-refractivity contribution is -0.858. The predicted octanol–water partition coefficient (Wildman–Crippen LogP) is 3.86. The molecule has 0 aromatic carbocycles. The van der Waals surface area contributed by atoms with Gasteiger partial charge in [0.25, 0.3) is 0 Å². The second-order valence-electron chi connectivity index (χ2n) is 7.84. The lowest BCUT2D eigenvalue weighted by Gasteiger charge is -2.16. The first-order valence-corrected chi connectivity index (χ1v) is 13.3. The van der Waals surface area contributed by atoms with Crippen molar-refractivity contribution < 1.29 is 42.5 Å². The Hall–Kier alpha value is -0.990. The van der Waals surface area contributed by atoms with Gasteiger partial charge in [-0.05, 0) is 12.8 Å². The quantitative estimate of drug-likeness (QED) is 0.152. The standard InChI is InChI=1S/C15H32NO6P.C7H14O2/c1-5-6-7-8-10-15(17)20-12-9-13-21-23(18,19-4)22-14-11-16(2)3;1-2-3-4-5-6-7(8)9/h5-14H2,1-4H3;2-6H2,1H3,(H,8,9)/p+1. The summed E-state index contributed by atoms with van der Waals surface area (Å²) in [5.74, 6) is -0.868. The van der Waals surface area contributed by atoms with Crippen LogP contribution in [0.1, 0.15) is 84.5 Å². The summed E-state index contributed by atoms with van der Waals surface area (Å²) in [5.41, 5.74) is 0. The monoisotopic (exact) mass is 484 g/mol. The Kier molecular flexibility index (Phi) is 24.0. The number of hydrogen-bond donors (Lipinski definition) is 2. The highest BCUT2D eigenvalue weighted by Crippen LogP contribution is 2.48. The average molecular weight is 485 g/mol. The van der Waals surface area contributed by atoms with Crippen molar-refractivity contribution in [1.29, 1.82) is 0 Å². The van der Waals surface area contributed by atoms with E-state index in [4.69, 9.17) is 23.4 Å². The molecule has 9 nitrogen and oxygen atoms in total. The van der Waals surface area contributed by atoms with Gasteiger partial charge in [-0.25, -0.2) is 4.57 Å². The molecule has 0 saturated carbocycles. The average Bonchev–Trinajstić information content (AvgIpc) is 2.74. The van der Waals surface area contributed by atoms with E-state index < -0.39 is 13.8 Å². The summed E-state index contributed by atoms with van der Waals surface area (Å²) >= 11 is 0. The highest BCUT2D eigenvalue weighted by molar-refractivity contribution is 7.48. The van der Waals surface area contributed by atoms with Crippen molar-refractivity contribution >= 4 is 19.8 Å². The third-order valence-electron chi connectivity index (χ3n) is 4.35. The van der Waals surface area contributed by atoms with Crippen molar-refractivity contribution in [1.82, 2.24) is 0 Å². The van der Waals surface area contributed by atoms with Crippen LogP contribution < -0.4 is 4.90 Å². The Morgan fingerprint density at radius 2 is 1.38 bits per heavy atom. The van der Waals surface area contributed by atoms with Crippen LogP contribution in [-0.4, -0.2) is 64.6 Å². The zero-order valence-electron chi connectivity index (χ0n) is 20.9. The topological polar surface area (TPSA) is 113 Å². The fraction of sp³-hybridized carbons (Fsp3) is 0.909. The molecular weight excluding hydrogens is 437 g/mol. The molecule has 0 radical (unpaired) electrons. The molecule has 0 spiro atoms. The van der Waals surface area contributed by atoms with Crippen molar-refractivity contribution in [3.8, 4) is 0 Å². The largest absolute Gasteiger partial charge is 0.481 e. The van der Waals surface area contributed by atoms with E-state index in [0.717, 1.165) is 44.9 Å². The van der Waals surface area contributed by atoms with Gasteiger partial charge in [0.1, 0.15) is 13.2 Å². The van der Waals surface area contributed by atoms with Crippen LogP contribution in [0, 0.1) is 0 Å². The molecule has 1 atom stereocenters. The van der Waals surface area contributed by atoms with Crippen LogP contribution in [0.15, 0.2) is 0 Å². The maximum absolute atomic E-state index is 12.1. The number of unbranched alkanes of at least 4 members (excludes halogenated alkanes) is 6. The predicted molar refractivity (Wildman–Crippen MR) is 125 cm³/mol. The van der Waals surface area contributed by atoms with Crippen molar-refractivity contribution in [2.45, 2.75) is 84.5 Å². The molecule has 0 bridgehead atoms. The Morgan fingerprint density at radius 1 is 0.812 bits per heavy atom. The molecule has 0 saturated heterocycles. The molecule has 0 aromatic heterocycles. The van der Waals surface area contributed by atoms with Crippen molar-refractivity contribution in [3.63, 3.8) is 0 Å². The summed E-state index contributed by atoms with van der Waals surface area (Å²) in [6.07, 6.45) is 9.66. The van der Waals surface area contributed by atoms with Crippen LogP contribution in [-0.2, 0) is 32.5 Å². The van der Waals surface area contributed by atoms with Gasteiger partial charge in [-0.2, -0.15) is 0 Å². The van der Waals surface area contributed by atoms with E-state index >= 15 is 0 Å². The van der Waals surface area contributed by atoms with Crippen molar-refractivity contribution in [3.05, 3.63) is 0 Å². The van der Waals surface area contributed by atoms with Gasteiger partial charge in [-0.3, -0.25) is 23.2 Å². The lowest BCUT2D eigenvalue weighted by Crippen LogP contribution is -3.06. The Balaban J connectivity index is 0. The molecule has 0 aliphatic rings. The highest BCUT2D eigenvalue weighted by atomic mass is 31.2. The molecule has 0 aliphatic heterocycles. The van der Waals surface area contributed by atoms with Crippen LogP contribution in [0.3, 0.4) is 0 Å². The molecule has 0 rings (SSSR count). The molecule has 0 aliphatic carbocycles. The van der Waals surface area contributed by atoms with Gasteiger partial charge in [0, 0.05) is 26.4 Å². The Bertz CT molecular complexity index is 502. The smallest absolute Gasteiger partial charge is 0.474 e. The third-order valence-corrected chi connectivity index (χ3v) is 5.80. The minimum absolute atomic E-state index is 0.156. The van der Waals surface area contributed by atoms with Crippen LogP contribution in [0.4, 0.5) is 0 Å². The van der Waals surface area contributed by atoms with Gasteiger partial charge in [0.2, 0.25) is 0 Å². The number of phosphoric ester groups is 1. The van der Waals surface area contributed by atoms with E-state index in [2.05, 4.69) is 13.8 Å². The van der Waals surface area contributed by atoms with E-state index in [9.17, 15) is 14.2 Å². The molecule has 2 N–H and O–H groups in total. The van der Waals surface area contributed by atoms with Gasteiger partial charge < -0.3 is 14.7 Å². The molecular formula is C22H47NO8P+. The van der Waals surface area contributed by atoms with Crippen molar-refractivity contribution in [2.75, 3.05) is 47.6 Å². The number of carbonyl (C=O) groups excluding carboxylic acids is 1. The highest BCUT2D eigenvalue weighted by Gasteiger charge is 2.24. The first kappa shape index (κ1) is 33.2. The zero-order valence-corrected chi connectivity index (χ0v) is 21.8. The zero-order chi connectivity index (χ0) is 24.7. The normalized spacial score (nSPS) is 12.7. The molecule has 32 heavy (non-hydrogen) atoms. The minimum Gasteiger partial charge on any atom is -0.481 e. The molecule has 0 aromatic rings. The van der Waals surface area contributed by atoms with Gasteiger partial charge in [0.15, 0.2) is 0 Å². The van der Waals surface area contributed by atoms with Gasteiger partial charge in [-0.15, -0.1) is 0 Å². The van der Waals surface area contributed by atoms with E-state index in [1.54, 1.807) is 0 Å². The number of phosphoric acid groups is 1. The molecule has 192 valence electrons. The number of nitrogens with one attached hydrogen (secondary N) is 1. The minimum atomic E-state index is -3.50. The maximum atomic E-state index is 12.1. The lowest BCUT2D eigenvalue weighted by atomic mass is 10.2. The fourth-order valence-electron chi connectivity index (χ4n) is 2.40. The SMILES string of the molecule is CCCCCCC(=O)O.CCCCCCC(=O)OCCCOP(=O)(OC)OCC[NH+](C)C. The number of likely N-dealkylation sites (N-methyl/N-ethyl adjacent to an activating group) is 1. The fourth-order valence-corrected chi connectivity index (χ4v) is 3.35. The van der Waals surface area contributed by atoms with Crippen molar-refractivity contribution in [2.24, 2.45) is 0 Å². The molecule has 0 heterocycles. The second kappa shape index (κ2) is 23.2. The third kappa shape index (κ3) is 25.3. The first-order chi connectivity index (χ1) is 15.2. The first-order valence-electron chi connectivity index (χ1n) is 11.8. The molecule has 0 fully saturated rings. The number of quaternary nitrogens is 1. The number of carbonyl (C=O) groups is 2. The van der Waals surface area contributed by atoms with Crippen LogP contribution in [0.5, 0.6) is 0 Å². The number of carboxylic acid groups (broad SMARTS) is 1. The number of ether oxygens (including phenoxy) is 1. The second-order valence-corrected chi connectivity index (χ2v) is 9.62. The molecule has 1 unspecified atom stereocenters. The number of carboxylic acids is 1. The Morgan fingerprint density at radius 3 is 1.88 bits per heavy atom. The van der Waals surface area contributed by atoms with E-state index in [0.29, 0.717) is 32.4 Å². The summed E-state index contributed by atoms with van der Waals surface area (Å²) in [6, 6.07) is 0. The number of hydrogen-bond acceptors (Lipinski definition) is 7. The Labute approximate surface area is 194 Å². The molecule has 0 amide bonds. The number of esters is 1. The van der Waals surface area contributed by atoms with Crippen LogP contribution in [0.25, 0.3) is 0 Å². The summed E-state index contributed by atoms with van der Waals surface area (Å²) in [4.78, 5) is 22.6.